The SMILES string of the molecule is COCCC(NC(=O)OC)C(=O)O. The summed E-state index contributed by atoms with van der Waals surface area (Å²) in [7, 11) is 2.63. The van der Waals surface area contributed by atoms with E-state index in [4.69, 9.17) is 5.11 Å². The van der Waals surface area contributed by atoms with Gasteiger partial charge >= 0.3 is 12.1 Å². The third-order valence-electron chi connectivity index (χ3n) is 1.39. The Kier molecular flexibility index (Phi) is 5.62. The van der Waals surface area contributed by atoms with Gasteiger partial charge in [-0.3, -0.25) is 0 Å². The highest BCUT2D eigenvalue weighted by Crippen LogP contribution is 1.93. The van der Waals surface area contributed by atoms with Crippen molar-refractivity contribution >= 4 is 12.1 Å². The lowest BCUT2D eigenvalue weighted by Gasteiger charge is -2.12. The largest absolute Gasteiger partial charge is 0.480 e. The molecule has 0 aromatic heterocycles. The zero-order valence-electron chi connectivity index (χ0n) is 7.57. The molecule has 76 valence electrons. The van der Waals surface area contributed by atoms with Crippen molar-refractivity contribution in [2.75, 3.05) is 20.8 Å². The molecule has 0 aliphatic carbocycles. The lowest BCUT2D eigenvalue weighted by Crippen LogP contribution is -2.41. The van der Waals surface area contributed by atoms with Crippen molar-refractivity contribution in [2.24, 2.45) is 0 Å². The number of carbonyl (C=O) groups is 2. The number of rotatable bonds is 5. The molecule has 0 heterocycles. The van der Waals surface area contributed by atoms with Gasteiger partial charge in [0.25, 0.3) is 0 Å². The normalized spacial score (nSPS) is 11.8. The summed E-state index contributed by atoms with van der Waals surface area (Å²) in [6.07, 6.45) is -0.551. The molecule has 0 bridgehead atoms. The van der Waals surface area contributed by atoms with Crippen LogP contribution in [0.25, 0.3) is 0 Å². The molecule has 0 aliphatic rings. The number of carboxylic acid groups (broad SMARTS) is 1. The van der Waals surface area contributed by atoms with E-state index in [2.05, 4.69) is 14.8 Å². The average Bonchev–Trinajstić information content (AvgIpc) is 2.11. The van der Waals surface area contributed by atoms with Crippen LogP contribution in [0.3, 0.4) is 0 Å². The summed E-state index contributed by atoms with van der Waals surface area (Å²) in [6.45, 7) is 0.265. The molecule has 0 aromatic rings. The van der Waals surface area contributed by atoms with E-state index in [9.17, 15) is 9.59 Å². The van der Waals surface area contributed by atoms with Gasteiger partial charge in [-0.1, -0.05) is 0 Å². The van der Waals surface area contributed by atoms with Gasteiger partial charge in [0.05, 0.1) is 7.11 Å². The van der Waals surface area contributed by atoms with E-state index < -0.39 is 18.1 Å². The van der Waals surface area contributed by atoms with Gasteiger partial charge in [-0.15, -0.1) is 0 Å². The Morgan fingerprint density at radius 2 is 2.08 bits per heavy atom. The molecular weight excluding hydrogens is 178 g/mol. The number of alkyl carbamates (subject to hydrolysis) is 1. The molecule has 2 N–H and O–H groups in total. The number of methoxy groups -OCH3 is 2. The van der Waals surface area contributed by atoms with Gasteiger partial charge < -0.3 is 19.9 Å². The second kappa shape index (κ2) is 6.24. The molecule has 0 saturated carbocycles. The molecule has 0 radical (unpaired) electrons. The molecule has 13 heavy (non-hydrogen) atoms. The summed E-state index contributed by atoms with van der Waals surface area (Å²) in [5, 5.41) is 10.8. The number of hydrogen-bond donors (Lipinski definition) is 2. The number of aliphatic carboxylic acids is 1. The van der Waals surface area contributed by atoms with Crippen molar-refractivity contribution in [3.8, 4) is 0 Å². The fourth-order valence-corrected chi connectivity index (χ4v) is 0.694. The summed E-state index contributed by atoms with van der Waals surface area (Å²) in [5.41, 5.74) is 0. The molecule has 0 spiro atoms. The predicted octanol–water partition coefficient (Wildman–Crippen LogP) is -0.168. The molecule has 6 heteroatoms. The Balaban J connectivity index is 3.94. The molecule has 1 amide bonds. The third kappa shape index (κ3) is 5.02. The molecule has 6 nitrogen and oxygen atoms in total. The van der Waals surface area contributed by atoms with Crippen LogP contribution in [0.15, 0.2) is 0 Å². The second-order valence-corrected chi connectivity index (χ2v) is 2.31. The maximum Gasteiger partial charge on any atom is 0.407 e. The molecule has 1 unspecified atom stereocenters. The minimum atomic E-state index is -1.11. The van der Waals surface area contributed by atoms with E-state index in [1.54, 1.807) is 0 Å². The predicted molar refractivity (Wildman–Crippen MR) is 43.5 cm³/mol. The van der Waals surface area contributed by atoms with Gasteiger partial charge in [-0.05, 0) is 0 Å². The van der Waals surface area contributed by atoms with Crippen LogP contribution in [0.2, 0.25) is 0 Å². The average molecular weight is 191 g/mol. The highest BCUT2D eigenvalue weighted by Gasteiger charge is 2.19. The summed E-state index contributed by atoms with van der Waals surface area (Å²) >= 11 is 0. The van der Waals surface area contributed by atoms with Gasteiger partial charge in [0.2, 0.25) is 0 Å². The van der Waals surface area contributed by atoms with E-state index in [0.717, 1.165) is 0 Å². The fourth-order valence-electron chi connectivity index (χ4n) is 0.694. The first kappa shape index (κ1) is 11.7. The van der Waals surface area contributed by atoms with Gasteiger partial charge in [0.15, 0.2) is 0 Å². The lowest BCUT2D eigenvalue weighted by molar-refractivity contribution is -0.139. The minimum Gasteiger partial charge on any atom is -0.480 e. The van der Waals surface area contributed by atoms with Crippen LogP contribution in [0.4, 0.5) is 4.79 Å². The monoisotopic (exact) mass is 191 g/mol. The van der Waals surface area contributed by atoms with Crippen LogP contribution >= 0.6 is 0 Å². The lowest BCUT2D eigenvalue weighted by atomic mass is 10.2. The number of amides is 1. The molecule has 1 atom stereocenters. The summed E-state index contributed by atoms with van der Waals surface area (Å²) in [5.74, 6) is -1.11. The van der Waals surface area contributed by atoms with Crippen molar-refractivity contribution in [1.82, 2.24) is 5.32 Å². The highest BCUT2D eigenvalue weighted by atomic mass is 16.5. The molecule has 0 aromatic carbocycles. The number of carboxylic acids is 1. The quantitative estimate of drug-likeness (QED) is 0.630. The van der Waals surface area contributed by atoms with E-state index in [1.165, 1.54) is 14.2 Å². The van der Waals surface area contributed by atoms with Crippen molar-refractivity contribution in [3.05, 3.63) is 0 Å². The summed E-state index contributed by atoms with van der Waals surface area (Å²) in [6, 6.07) is -0.965. The Morgan fingerprint density at radius 1 is 1.46 bits per heavy atom. The van der Waals surface area contributed by atoms with Crippen LogP contribution in [0.1, 0.15) is 6.42 Å². The number of nitrogens with one attached hydrogen (secondary N) is 1. The molecule has 0 saturated heterocycles. The van der Waals surface area contributed by atoms with Crippen molar-refractivity contribution in [2.45, 2.75) is 12.5 Å². The van der Waals surface area contributed by atoms with Crippen molar-refractivity contribution in [3.63, 3.8) is 0 Å². The van der Waals surface area contributed by atoms with Crippen LogP contribution in [0, 0.1) is 0 Å². The van der Waals surface area contributed by atoms with Crippen molar-refractivity contribution in [1.29, 1.82) is 0 Å². The summed E-state index contributed by atoms with van der Waals surface area (Å²) < 4.78 is 8.94. The van der Waals surface area contributed by atoms with Gasteiger partial charge in [0, 0.05) is 20.1 Å². The zero-order chi connectivity index (χ0) is 10.3. The minimum absolute atomic E-state index is 0.209. The van der Waals surface area contributed by atoms with E-state index in [-0.39, 0.29) is 13.0 Å². The van der Waals surface area contributed by atoms with E-state index in [1.807, 2.05) is 0 Å². The van der Waals surface area contributed by atoms with Crippen LogP contribution in [0.5, 0.6) is 0 Å². The molecular formula is C7H13NO5. The first-order valence-corrected chi connectivity index (χ1v) is 3.68. The fraction of sp³-hybridized carbons (Fsp3) is 0.714. The number of hydrogen-bond acceptors (Lipinski definition) is 4. The maximum atomic E-state index is 10.7. The van der Waals surface area contributed by atoms with E-state index in [0.29, 0.717) is 0 Å². The standard InChI is InChI=1S/C7H13NO5/c1-12-4-3-5(6(9)10)8-7(11)13-2/h5H,3-4H2,1-2H3,(H,8,11)(H,9,10). The maximum absolute atomic E-state index is 10.7. The first-order valence-electron chi connectivity index (χ1n) is 3.68. The van der Waals surface area contributed by atoms with Crippen LogP contribution in [-0.4, -0.2) is 44.0 Å². The summed E-state index contributed by atoms with van der Waals surface area (Å²) in [4.78, 5) is 21.2. The number of ether oxygens (including phenoxy) is 2. The first-order chi connectivity index (χ1) is 6.11. The number of carbonyl (C=O) groups excluding carboxylic acids is 1. The second-order valence-electron chi connectivity index (χ2n) is 2.31. The van der Waals surface area contributed by atoms with Gasteiger partial charge in [-0.25, -0.2) is 9.59 Å². The van der Waals surface area contributed by atoms with E-state index >= 15 is 0 Å². The van der Waals surface area contributed by atoms with Crippen molar-refractivity contribution < 1.29 is 24.2 Å². The Labute approximate surface area is 75.8 Å². The Bertz CT molecular complexity index is 182. The van der Waals surface area contributed by atoms with Crippen LogP contribution in [-0.2, 0) is 14.3 Å². The molecule has 0 aliphatic heterocycles. The Hall–Kier alpha value is -1.30. The topological polar surface area (TPSA) is 84.9 Å². The van der Waals surface area contributed by atoms with Gasteiger partial charge in [-0.2, -0.15) is 0 Å². The molecule has 0 rings (SSSR count). The van der Waals surface area contributed by atoms with Gasteiger partial charge in [0.1, 0.15) is 6.04 Å². The highest BCUT2D eigenvalue weighted by molar-refractivity contribution is 5.79. The smallest absolute Gasteiger partial charge is 0.407 e. The third-order valence-corrected chi connectivity index (χ3v) is 1.39. The molecule has 0 fully saturated rings. The zero-order valence-corrected chi connectivity index (χ0v) is 7.57. The van der Waals surface area contributed by atoms with Crippen LogP contribution < -0.4 is 5.32 Å². The Morgan fingerprint density at radius 3 is 2.46 bits per heavy atom.